The molecule has 7 heteroatoms. The Morgan fingerprint density at radius 1 is 1.19 bits per heavy atom. The first kappa shape index (κ1) is 17.9. The zero-order valence-corrected chi connectivity index (χ0v) is 15.7. The van der Waals surface area contributed by atoms with Crippen LogP contribution in [0.15, 0.2) is 42.6 Å². The summed E-state index contributed by atoms with van der Waals surface area (Å²) in [6.45, 7) is 4.50. The first-order valence-electron chi connectivity index (χ1n) is 8.19. The van der Waals surface area contributed by atoms with Crippen molar-refractivity contribution in [3.05, 3.63) is 70.1 Å². The number of aromatic nitrogens is 4. The summed E-state index contributed by atoms with van der Waals surface area (Å²) in [5, 5.41) is 11.8. The molecule has 26 heavy (non-hydrogen) atoms. The zero-order valence-electron chi connectivity index (χ0n) is 14.9. The second kappa shape index (κ2) is 7.58. The Bertz CT molecular complexity index is 953. The molecule has 0 aliphatic rings. The Labute approximate surface area is 157 Å². The number of carbonyl (C=O) groups excluding carboxylic acids is 1. The van der Waals surface area contributed by atoms with E-state index in [0.29, 0.717) is 17.5 Å². The van der Waals surface area contributed by atoms with Crippen molar-refractivity contribution in [2.75, 3.05) is 5.32 Å². The summed E-state index contributed by atoms with van der Waals surface area (Å²) >= 11 is 6.46. The molecule has 1 aromatic carbocycles. The number of aryl methyl sites for hydroxylation is 3. The molecule has 1 N–H and O–H groups in total. The van der Waals surface area contributed by atoms with Gasteiger partial charge in [0.15, 0.2) is 5.82 Å². The average Bonchev–Trinajstić information content (AvgIpc) is 3.11. The van der Waals surface area contributed by atoms with Gasteiger partial charge in [0.25, 0.3) is 0 Å². The van der Waals surface area contributed by atoms with Crippen LogP contribution in [0.4, 0.5) is 5.82 Å². The Kier molecular flexibility index (Phi) is 5.23. The van der Waals surface area contributed by atoms with Crippen LogP contribution in [0.3, 0.4) is 0 Å². The summed E-state index contributed by atoms with van der Waals surface area (Å²) in [5.41, 5.74) is 3.82. The molecule has 0 radical (unpaired) electrons. The smallest absolute Gasteiger partial charge is 0.249 e. The maximum Gasteiger partial charge on any atom is 0.249 e. The lowest BCUT2D eigenvalue weighted by molar-refractivity contribution is -0.111. The van der Waals surface area contributed by atoms with Crippen molar-refractivity contribution in [2.24, 2.45) is 7.05 Å². The number of carbonyl (C=O) groups is 1. The van der Waals surface area contributed by atoms with Gasteiger partial charge >= 0.3 is 0 Å². The molecule has 3 aromatic rings. The van der Waals surface area contributed by atoms with Crippen molar-refractivity contribution >= 4 is 29.4 Å². The topological polar surface area (TPSA) is 64.7 Å². The van der Waals surface area contributed by atoms with Gasteiger partial charge in [0.05, 0.1) is 12.2 Å². The van der Waals surface area contributed by atoms with Gasteiger partial charge in [-0.3, -0.25) is 9.48 Å². The number of nitrogens with zero attached hydrogens (tertiary/aromatic N) is 4. The lowest BCUT2D eigenvalue weighted by Gasteiger charge is -2.04. The quantitative estimate of drug-likeness (QED) is 0.699. The molecule has 0 aliphatic heterocycles. The third kappa shape index (κ3) is 4.21. The molecule has 134 valence electrons. The van der Waals surface area contributed by atoms with E-state index >= 15 is 0 Å². The molecule has 2 aromatic heterocycles. The number of anilines is 1. The first-order valence-corrected chi connectivity index (χ1v) is 8.57. The number of amides is 1. The predicted octanol–water partition coefficient (Wildman–Crippen LogP) is 3.59. The number of halogens is 1. The highest BCUT2D eigenvalue weighted by atomic mass is 35.5. The van der Waals surface area contributed by atoms with Gasteiger partial charge in [-0.15, -0.1) is 0 Å². The molecule has 0 atom stereocenters. The number of hydrogen-bond acceptors (Lipinski definition) is 3. The van der Waals surface area contributed by atoms with Gasteiger partial charge in [-0.25, -0.2) is 4.68 Å². The van der Waals surface area contributed by atoms with E-state index < -0.39 is 0 Å². The van der Waals surface area contributed by atoms with E-state index in [1.54, 1.807) is 34.8 Å². The molecule has 0 fully saturated rings. The van der Waals surface area contributed by atoms with Crippen molar-refractivity contribution in [1.29, 1.82) is 0 Å². The number of nitrogens with one attached hydrogen (secondary N) is 1. The summed E-state index contributed by atoms with van der Waals surface area (Å²) in [6.07, 6.45) is 4.87. The van der Waals surface area contributed by atoms with Crippen LogP contribution < -0.4 is 5.32 Å². The Morgan fingerprint density at radius 2 is 1.92 bits per heavy atom. The standard InChI is InChI=1S/C19H20ClN5O/c1-13-4-6-15(7-5-13)12-25-19(20)16(14(2)22-25)8-9-18(26)21-17-10-11-24(3)23-17/h4-11H,12H2,1-3H3,(H,21,23,26)/b9-8+. The fourth-order valence-electron chi connectivity index (χ4n) is 2.54. The molecule has 3 rings (SSSR count). The number of rotatable bonds is 5. The minimum Gasteiger partial charge on any atom is -0.306 e. The number of hydrogen-bond donors (Lipinski definition) is 1. The van der Waals surface area contributed by atoms with Crippen LogP contribution in [0.25, 0.3) is 6.08 Å². The van der Waals surface area contributed by atoms with Crippen molar-refractivity contribution in [2.45, 2.75) is 20.4 Å². The predicted molar refractivity (Wildman–Crippen MR) is 103 cm³/mol. The Hall–Kier alpha value is -2.86. The highest BCUT2D eigenvalue weighted by Crippen LogP contribution is 2.22. The number of benzene rings is 1. The van der Waals surface area contributed by atoms with Crippen molar-refractivity contribution in [3.8, 4) is 0 Å². The minimum atomic E-state index is -0.273. The molecule has 0 saturated carbocycles. The van der Waals surface area contributed by atoms with Gasteiger partial charge in [0.1, 0.15) is 5.15 Å². The van der Waals surface area contributed by atoms with Crippen LogP contribution >= 0.6 is 11.6 Å². The van der Waals surface area contributed by atoms with Gasteiger partial charge in [-0.1, -0.05) is 41.4 Å². The lowest BCUT2D eigenvalue weighted by atomic mass is 10.1. The maximum atomic E-state index is 12.0. The molecule has 0 saturated heterocycles. The van der Waals surface area contributed by atoms with Crippen LogP contribution in [0.5, 0.6) is 0 Å². The molecule has 0 bridgehead atoms. The molecule has 0 spiro atoms. The van der Waals surface area contributed by atoms with E-state index in [0.717, 1.165) is 16.8 Å². The van der Waals surface area contributed by atoms with Crippen LogP contribution in [0.1, 0.15) is 22.4 Å². The molecule has 2 heterocycles. The highest BCUT2D eigenvalue weighted by Gasteiger charge is 2.12. The monoisotopic (exact) mass is 369 g/mol. The van der Waals surface area contributed by atoms with Gasteiger partial charge in [0.2, 0.25) is 5.91 Å². The fraction of sp³-hybridized carbons (Fsp3) is 0.211. The summed E-state index contributed by atoms with van der Waals surface area (Å²) in [7, 11) is 1.79. The summed E-state index contributed by atoms with van der Waals surface area (Å²) in [4.78, 5) is 12.0. The summed E-state index contributed by atoms with van der Waals surface area (Å²) < 4.78 is 3.35. The second-order valence-electron chi connectivity index (χ2n) is 6.13. The lowest BCUT2D eigenvalue weighted by Crippen LogP contribution is -2.08. The van der Waals surface area contributed by atoms with Gasteiger partial charge in [-0.05, 0) is 25.5 Å². The summed E-state index contributed by atoms with van der Waals surface area (Å²) in [6, 6.07) is 9.95. The second-order valence-corrected chi connectivity index (χ2v) is 6.49. The maximum absolute atomic E-state index is 12.0. The van der Waals surface area contributed by atoms with E-state index in [9.17, 15) is 4.79 Å². The van der Waals surface area contributed by atoms with Gasteiger partial charge < -0.3 is 5.32 Å². The van der Waals surface area contributed by atoms with E-state index in [2.05, 4.69) is 39.8 Å². The molecule has 1 amide bonds. The van der Waals surface area contributed by atoms with E-state index in [1.807, 2.05) is 13.8 Å². The van der Waals surface area contributed by atoms with Crippen LogP contribution in [0, 0.1) is 13.8 Å². The third-order valence-corrected chi connectivity index (χ3v) is 4.33. The molecule has 0 unspecified atom stereocenters. The van der Waals surface area contributed by atoms with Gasteiger partial charge in [-0.2, -0.15) is 10.2 Å². The van der Waals surface area contributed by atoms with Crippen LogP contribution in [-0.4, -0.2) is 25.5 Å². The van der Waals surface area contributed by atoms with Crippen molar-refractivity contribution < 1.29 is 4.79 Å². The summed E-state index contributed by atoms with van der Waals surface area (Å²) in [5.74, 6) is 0.227. The van der Waals surface area contributed by atoms with E-state index in [-0.39, 0.29) is 5.91 Å². The van der Waals surface area contributed by atoms with Crippen molar-refractivity contribution in [1.82, 2.24) is 19.6 Å². The Morgan fingerprint density at radius 3 is 2.58 bits per heavy atom. The molecule has 0 aliphatic carbocycles. The van der Waals surface area contributed by atoms with Crippen LogP contribution in [0.2, 0.25) is 5.15 Å². The van der Waals surface area contributed by atoms with Crippen molar-refractivity contribution in [3.63, 3.8) is 0 Å². The molecule has 6 nitrogen and oxygen atoms in total. The third-order valence-electron chi connectivity index (χ3n) is 3.93. The SMILES string of the molecule is Cc1ccc(Cn2nc(C)c(/C=C/C(=O)Nc3ccn(C)n3)c2Cl)cc1. The van der Waals surface area contributed by atoms with E-state index in [4.69, 9.17) is 11.6 Å². The van der Waals surface area contributed by atoms with Crippen LogP contribution in [-0.2, 0) is 18.4 Å². The zero-order chi connectivity index (χ0) is 18.7. The average molecular weight is 370 g/mol. The van der Waals surface area contributed by atoms with Gasteiger partial charge in [0, 0.05) is 31.0 Å². The molecular weight excluding hydrogens is 350 g/mol. The first-order chi connectivity index (χ1) is 12.4. The normalized spacial score (nSPS) is 11.2. The Balaban J connectivity index is 1.72. The van der Waals surface area contributed by atoms with E-state index in [1.165, 1.54) is 11.6 Å². The highest BCUT2D eigenvalue weighted by molar-refractivity contribution is 6.31. The largest absolute Gasteiger partial charge is 0.306 e. The molecular formula is C19H20ClN5O. The fourth-order valence-corrected chi connectivity index (χ4v) is 2.83. The minimum absolute atomic E-state index is 0.273.